The summed E-state index contributed by atoms with van der Waals surface area (Å²) in [6.45, 7) is 0.693. The van der Waals surface area contributed by atoms with Gasteiger partial charge >= 0.3 is 0 Å². The van der Waals surface area contributed by atoms with Gasteiger partial charge in [0.15, 0.2) is 0 Å². The van der Waals surface area contributed by atoms with E-state index in [1.807, 2.05) is 12.1 Å². The molecule has 4 nitrogen and oxygen atoms in total. The molecule has 0 saturated carbocycles. The maximum absolute atomic E-state index is 12.2. The first-order valence-corrected chi connectivity index (χ1v) is 8.11. The minimum absolute atomic E-state index is 0.0314. The third-order valence-corrected chi connectivity index (χ3v) is 4.38. The van der Waals surface area contributed by atoms with Gasteiger partial charge in [0.1, 0.15) is 0 Å². The molecule has 0 aromatic heterocycles. The van der Waals surface area contributed by atoms with Crippen molar-refractivity contribution in [3.8, 4) is 0 Å². The molecule has 0 radical (unpaired) electrons. The van der Waals surface area contributed by atoms with Gasteiger partial charge in [-0.1, -0.05) is 11.6 Å². The van der Waals surface area contributed by atoms with Crippen molar-refractivity contribution in [1.29, 1.82) is 0 Å². The fourth-order valence-electron chi connectivity index (χ4n) is 3.10. The van der Waals surface area contributed by atoms with E-state index < -0.39 is 0 Å². The van der Waals surface area contributed by atoms with Gasteiger partial charge in [-0.15, -0.1) is 0 Å². The van der Waals surface area contributed by atoms with Crippen LogP contribution >= 0.6 is 0 Å². The van der Waals surface area contributed by atoms with E-state index in [0.29, 0.717) is 24.9 Å². The summed E-state index contributed by atoms with van der Waals surface area (Å²) < 4.78 is 0. The van der Waals surface area contributed by atoms with Crippen molar-refractivity contribution in [3.63, 3.8) is 0 Å². The van der Waals surface area contributed by atoms with E-state index in [-0.39, 0.29) is 11.8 Å². The molecule has 1 aliphatic carbocycles. The molecule has 22 heavy (non-hydrogen) atoms. The fraction of sp³-hybridized carbons (Fsp3) is 0.444. The van der Waals surface area contributed by atoms with Crippen molar-refractivity contribution in [2.24, 2.45) is 0 Å². The van der Waals surface area contributed by atoms with Crippen molar-refractivity contribution in [1.82, 2.24) is 5.32 Å². The number of amides is 2. The van der Waals surface area contributed by atoms with Gasteiger partial charge in [-0.2, -0.15) is 0 Å². The topological polar surface area (TPSA) is 58.2 Å². The van der Waals surface area contributed by atoms with Crippen LogP contribution in [0.5, 0.6) is 0 Å². The van der Waals surface area contributed by atoms with Gasteiger partial charge in [0.05, 0.1) is 0 Å². The highest BCUT2D eigenvalue weighted by Crippen LogP contribution is 2.23. The number of aryl methyl sites for hydroxylation is 1. The van der Waals surface area contributed by atoms with Crippen molar-refractivity contribution in [2.45, 2.75) is 44.9 Å². The van der Waals surface area contributed by atoms with E-state index in [9.17, 15) is 9.59 Å². The number of carbonyl (C=O) groups is 2. The monoisotopic (exact) mass is 298 g/mol. The third kappa shape index (κ3) is 3.56. The molecule has 0 atom stereocenters. The average molecular weight is 298 g/mol. The number of allylic oxidation sites excluding steroid dienone is 1. The van der Waals surface area contributed by atoms with E-state index in [0.717, 1.165) is 17.7 Å². The molecule has 0 saturated heterocycles. The maximum atomic E-state index is 12.2. The lowest BCUT2D eigenvalue weighted by atomic mass is 9.97. The zero-order valence-corrected chi connectivity index (χ0v) is 12.8. The Bertz CT molecular complexity index is 620. The summed E-state index contributed by atoms with van der Waals surface area (Å²) in [6, 6.07) is 5.49. The van der Waals surface area contributed by atoms with Gasteiger partial charge in [0.25, 0.3) is 5.91 Å². The minimum Gasteiger partial charge on any atom is -0.352 e. The molecule has 0 fully saturated rings. The Morgan fingerprint density at radius 2 is 2.09 bits per heavy atom. The first-order valence-electron chi connectivity index (χ1n) is 8.11. The standard InChI is InChI=1S/C18H22N2O2/c21-17-9-7-14-12-15(6-8-16(14)20-17)18(22)19-11-10-13-4-2-1-3-5-13/h4,6,8,12H,1-3,5,7,9-11H2,(H,19,22)(H,20,21). The highest BCUT2D eigenvalue weighted by Gasteiger charge is 2.16. The van der Waals surface area contributed by atoms with Crippen LogP contribution in [0.1, 0.15) is 54.4 Å². The lowest BCUT2D eigenvalue weighted by molar-refractivity contribution is -0.116. The normalized spacial score (nSPS) is 17.3. The van der Waals surface area contributed by atoms with Crippen LogP contribution in [0.4, 0.5) is 5.69 Å². The predicted octanol–water partition coefficient (Wildman–Crippen LogP) is 3.19. The lowest BCUT2D eigenvalue weighted by Gasteiger charge is -2.17. The van der Waals surface area contributed by atoms with Crippen molar-refractivity contribution in [2.75, 3.05) is 11.9 Å². The van der Waals surface area contributed by atoms with Gasteiger partial charge in [0, 0.05) is 24.2 Å². The van der Waals surface area contributed by atoms with Gasteiger partial charge in [0.2, 0.25) is 5.91 Å². The second-order valence-corrected chi connectivity index (χ2v) is 6.03. The van der Waals surface area contributed by atoms with Gasteiger partial charge in [-0.05, 0) is 62.3 Å². The molecular formula is C18H22N2O2. The number of nitrogens with one attached hydrogen (secondary N) is 2. The molecule has 0 bridgehead atoms. The largest absolute Gasteiger partial charge is 0.352 e. The summed E-state index contributed by atoms with van der Waals surface area (Å²) in [5, 5.41) is 5.83. The smallest absolute Gasteiger partial charge is 0.251 e. The SMILES string of the molecule is O=C1CCc2cc(C(=O)NCCC3=CCCCC3)ccc2N1. The Labute approximate surface area is 131 Å². The van der Waals surface area contributed by atoms with Gasteiger partial charge < -0.3 is 10.6 Å². The van der Waals surface area contributed by atoms with Crippen LogP contribution < -0.4 is 10.6 Å². The van der Waals surface area contributed by atoms with E-state index >= 15 is 0 Å². The average Bonchev–Trinajstić information content (AvgIpc) is 2.55. The number of benzene rings is 1. The molecule has 2 aliphatic rings. The molecular weight excluding hydrogens is 276 g/mol. The number of hydrogen-bond acceptors (Lipinski definition) is 2. The molecule has 4 heteroatoms. The van der Waals surface area contributed by atoms with Crippen LogP contribution in [-0.2, 0) is 11.2 Å². The highest BCUT2D eigenvalue weighted by molar-refractivity contribution is 5.97. The minimum atomic E-state index is -0.0314. The summed E-state index contributed by atoms with van der Waals surface area (Å²) in [7, 11) is 0. The van der Waals surface area contributed by atoms with E-state index in [4.69, 9.17) is 0 Å². The molecule has 3 rings (SSSR count). The molecule has 0 spiro atoms. The zero-order valence-electron chi connectivity index (χ0n) is 12.8. The molecule has 0 unspecified atom stereocenters. The first-order chi connectivity index (χ1) is 10.7. The number of hydrogen-bond donors (Lipinski definition) is 2. The summed E-state index contributed by atoms with van der Waals surface area (Å²) in [5.74, 6) is 0.0153. The number of rotatable bonds is 4. The van der Waals surface area contributed by atoms with Crippen LogP contribution in [0, 0.1) is 0 Å². The first kappa shape index (κ1) is 14.8. The summed E-state index contributed by atoms with van der Waals surface area (Å²) in [5.41, 5.74) is 4.02. The molecule has 116 valence electrons. The zero-order chi connectivity index (χ0) is 15.4. The van der Waals surface area contributed by atoms with Gasteiger partial charge in [-0.3, -0.25) is 9.59 Å². The van der Waals surface area contributed by atoms with Crippen LogP contribution in [0.25, 0.3) is 0 Å². The van der Waals surface area contributed by atoms with E-state index in [2.05, 4.69) is 16.7 Å². The maximum Gasteiger partial charge on any atom is 0.251 e. The molecule has 1 heterocycles. The molecule has 1 aromatic rings. The van der Waals surface area contributed by atoms with Crippen LogP contribution in [0.3, 0.4) is 0 Å². The van der Waals surface area contributed by atoms with E-state index in [1.54, 1.807) is 6.07 Å². The quantitative estimate of drug-likeness (QED) is 0.839. The second-order valence-electron chi connectivity index (χ2n) is 6.03. The van der Waals surface area contributed by atoms with Crippen LogP contribution in [-0.4, -0.2) is 18.4 Å². The van der Waals surface area contributed by atoms with Gasteiger partial charge in [-0.25, -0.2) is 0 Å². The van der Waals surface area contributed by atoms with E-state index in [1.165, 1.54) is 31.3 Å². The Kier molecular flexibility index (Phi) is 4.56. The predicted molar refractivity (Wildman–Crippen MR) is 86.9 cm³/mol. The highest BCUT2D eigenvalue weighted by atomic mass is 16.2. The molecule has 2 N–H and O–H groups in total. The number of carbonyl (C=O) groups excluding carboxylic acids is 2. The van der Waals surface area contributed by atoms with Crippen LogP contribution in [0.2, 0.25) is 0 Å². The molecule has 2 amide bonds. The number of anilines is 1. The molecule has 1 aromatic carbocycles. The Morgan fingerprint density at radius 1 is 1.18 bits per heavy atom. The second kappa shape index (κ2) is 6.77. The summed E-state index contributed by atoms with van der Waals surface area (Å²) in [6.07, 6.45) is 9.39. The van der Waals surface area contributed by atoms with Crippen molar-refractivity contribution in [3.05, 3.63) is 41.0 Å². The third-order valence-electron chi connectivity index (χ3n) is 4.38. The van der Waals surface area contributed by atoms with Crippen molar-refractivity contribution < 1.29 is 9.59 Å². The van der Waals surface area contributed by atoms with Crippen LogP contribution in [0.15, 0.2) is 29.8 Å². The number of fused-ring (bicyclic) bond motifs is 1. The molecule has 1 aliphatic heterocycles. The Morgan fingerprint density at radius 3 is 2.91 bits per heavy atom. The fourth-order valence-corrected chi connectivity index (χ4v) is 3.10. The lowest BCUT2D eigenvalue weighted by Crippen LogP contribution is -2.26. The summed E-state index contributed by atoms with van der Waals surface area (Å²) >= 11 is 0. The van der Waals surface area contributed by atoms with Crippen molar-refractivity contribution >= 4 is 17.5 Å². The Hall–Kier alpha value is -2.10. The summed E-state index contributed by atoms with van der Waals surface area (Å²) in [4.78, 5) is 23.6. The Balaban J connectivity index is 1.56.